The zero-order chi connectivity index (χ0) is 17.1. The number of hydrogen-bond donors (Lipinski definition) is 0. The molecule has 123 valence electrons. The van der Waals surface area contributed by atoms with Crippen molar-refractivity contribution in [2.75, 3.05) is 0 Å². The molecule has 2 amide bonds. The first-order chi connectivity index (χ1) is 10.8. The van der Waals surface area contributed by atoms with Gasteiger partial charge in [0.2, 0.25) is 0 Å². The summed E-state index contributed by atoms with van der Waals surface area (Å²) in [6, 6.07) is 7.33. The van der Waals surface area contributed by atoms with Crippen molar-refractivity contribution in [3.63, 3.8) is 0 Å². The fourth-order valence-electron chi connectivity index (χ4n) is 2.93. The third-order valence-corrected chi connectivity index (χ3v) is 7.37. The van der Waals surface area contributed by atoms with Crippen LogP contribution >= 0.6 is 0 Å². The van der Waals surface area contributed by atoms with Gasteiger partial charge in [-0.3, -0.25) is 9.59 Å². The summed E-state index contributed by atoms with van der Waals surface area (Å²) in [5, 5.41) is 1.85. The molecule has 0 bridgehead atoms. The Morgan fingerprint density at radius 3 is 1.91 bits per heavy atom. The normalized spacial score (nSPS) is 15.2. The summed E-state index contributed by atoms with van der Waals surface area (Å²) in [7, 11) is -0.708. The van der Waals surface area contributed by atoms with E-state index in [1.165, 1.54) is 5.19 Å². The number of nitrogens with zero attached hydrogens (tertiary/aromatic N) is 1. The Labute approximate surface area is 138 Å². The first-order valence-corrected chi connectivity index (χ1v) is 9.52. The molecule has 1 heterocycles. The number of carbonyl (C=O) groups is 3. The fourth-order valence-corrected chi connectivity index (χ4v) is 6.14. The van der Waals surface area contributed by atoms with Gasteiger partial charge in [0.05, 0.1) is 14.4 Å². The molecule has 2 rings (SSSR count). The summed E-state index contributed by atoms with van der Waals surface area (Å²) < 4.78 is 0. The highest BCUT2D eigenvalue weighted by molar-refractivity contribution is 6.75. The lowest BCUT2D eigenvalue weighted by Gasteiger charge is -2.23. The standard InChI is InChI=1S/C17H22NO4Si/c1-11(2)23(12(3)4)14-7-5-13(6-8-14)17(21)22-18-15(19)9-10-16(18)20/h5-8,11-12H,9-10H2,1-4H3. The number of amides is 2. The second-order valence-corrected chi connectivity index (χ2v) is 10.1. The highest BCUT2D eigenvalue weighted by Gasteiger charge is 2.33. The van der Waals surface area contributed by atoms with E-state index in [2.05, 4.69) is 27.7 Å². The molecule has 0 saturated carbocycles. The Morgan fingerprint density at radius 2 is 1.48 bits per heavy atom. The minimum Gasteiger partial charge on any atom is -0.325 e. The van der Waals surface area contributed by atoms with Crippen molar-refractivity contribution in [1.82, 2.24) is 5.06 Å². The molecule has 0 aromatic heterocycles. The van der Waals surface area contributed by atoms with Crippen LogP contribution in [0, 0.1) is 0 Å². The summed E-state index contributed by atoms with van der Waals surface area (Å²) in [5.41, 5.74) is 1.53. The number of imide groups is 1. The molecule has 0 atom stereocenters. The van der Waals surface area contributed by atoms with Crippen LogP contribution < -0.4 is 5.19 Å². The van der Waals surface area contributed by atoms with Crippen LogP contribution in [0.3, 0.4) is 0 Å². The van der Waals surface area contributed by atoms with Crippen molar-refractivity contribution in [3.8, 4) is 0 Å². The van der Waals surface area contributed by atoms with Gasteiger partial charge in [0.15, 0.2) is 0 Å². The SMILES string of the molecule is CC(C)[Si](c1ccc(C(=O)ON2C(=O)CCC2=O)cc1)C(C)C. The number of rotatable bonds is 5. The van der Waals surface area contributed by atoms with Crippen molar-refractivity contribution >= 4 is 31.8 Å². The molecule has 5 nitrogen and oxygen atoms in total. The van der Waals surface area contributed by atoms with Crippen LogP contribution in [-0.2, 0) is 14.4 Å². The van der Waals surface area contributed by atoms with Crippen LogP contribution in [0.2, 0.25) is 11.1 Å². The molecule has 6 heteroatoms. The van der Waals surface area contributed by atoms with E-state index in [0.29, 0.717) is 21.7 Å². The maximum atomic E-state index is 12.1. The predicted molar refractivity (Wildman–Crippen MR) is 88.5 cm³/mol. The number of hydroxylamine groups is 2. The van der Waals surface area contributed by atoms with Gasteiger partial charge in [0, 0.05) is 12.8 Å². The minimum absolute atomic E-state index is 0.0968. The molecule has 0 spiro atoms. The Bertz CT molecular complexity index is 586. The minimum atomic E-state index is -0.708. The van der Waals surface area contributed by atoms with Gasteiger partial charge >= 0.3 is 5.97 Å². The van der Waals surface area contributed by atoms with Crippen LogP contribution in [0.5, 0.6) is 0 Å². The van der Waals surface area contributed by atoms with Crippen LogP contribution in [0.15, 0.2) is 24.3 Å². The quantitative estimate of drug-likeness (QED) is 0.614. The average Bonchev–Trinajstić information content (AvgIpc) is 2.79. The van der Waals surface area contributed by atoms with Gasteiger partial charge in [0.25, 0.3) is 11.8 Å². The lowest BCUT2D eigenvalue weighted by molar-refractivity contribution is -0.172. The molecule has 23 heavy (non-hydrogen) atoms. The molecule has 0 N–H and O–H groups in total. The largest absolute Gasteiger partial charge is 0.363 e. The maximum absolute atomic E-state index is 12.1. The molecule has 1 aromatic rings. The van der Waals surface area contributed by atoms with Gasteiger partial charge in [0.1, 0.15) is 0 Å². The van der Waals surface area contributed by atoms with E-state index in [-0.39, 0.29) is 12.8 Å². The fraction of sp³-hybridized carbons (Fsp3) is 0.471. The van der Waals surface area contributed by atoms with Crippen LogP contribution in [0.4, 0.5) is 0 Å². The monoisotopic (exact) mass is 332 g/mol. The van der Waals surface area contributed by atoms with Crippen LogP contribution in [-0.4, -0.2) is 31.6 Å². The molecule has 0 aliphatic carbocycles. The second-order valence-electron chi connectivity index (χ2n) is 6.30. The van der Waals surface area contributed by atoms with Crippen molar-refractivity contribution in [1.29, 1.82) is 0 Å². The van der Waals surface area contributed by atoms with Gasteiger partial charge in [-0.05, 0) is 23.2 Å². The average molecular weight is 332 g/mol. The van der Waals surface area contributed by atoms with E-state index < -0.39 is 26.6 Å². The first-order valence-electron chi connectivity index (χ1n) is 7.86. The van der Waals surface area contributed by atoms with E-state index in [1.807, 2.05) is 12.1 Å². The molecular formula is C17H22NO4Si. The topological polar surface area (TPSA) is 63.7 Å². The second kappa shape index (κ2) is 7.08. The van der Waals surface area contributed by atoms with Gasteiger partial charge in [-0.15, -0.1) is 5.06 Å². The smallest absolute Gasteiger partial charge is 0.325 e. The predicted octanol–water partition coefficient (Wildman–Crippen LogP) is 2.43. The summed E-state index contributed by atoms with van der Waals surface area (Å²) >= 11 is 0. The van der Waals surface area contributed by atoms with Gasteiger partial charge in [-0.1, -0.05) is 45.0 Å². The highest BCUT2D eigenvalue weighted by atomic mass is 28.3. The Morgan fingerprint density at radius 1 is 1.00 bits per heavy atom. The zero-order valence-corrected chi connectivity index (χ0v) is 15.0. The van der Waals surface area contributed by atoms with Crippen LogP contribution in [0.1, 0.15) is 50.9 Å². The Hall–Kier alpha value is -1.95. The Kier molecular flexibility index (Phi) is 5.36. The van der Waals surface area contributed by atoms with Gasteiger partial charge < -0.3 is 4.84 Å². The summed E-state index contributed by atoms with van der Waals surface area (Å²) in [6.45, 7) is 8.89. The molecular weight excluding hydrogens is 310 g/mol. The van der Waals surface area contributed by atoms with Crippen molar-refractivity contribution in [3.05, 3.63) is 29.8 Å². The molecule has 1 aromatic carbocycles. The number of benzene rings is 1. The number of hydrogen-bond acceptors (Lipinski definition) is 4. The summed E-state index contributed by atoms with van der Waals surface area (Å²) in [4.78, 5) is 40.0. The lowest BCUT2D eigenvalue weighted by Crippen LogP contribution is -2.36. The zero-order valence-electron chi connectivity index (χ0n) is 14.0. The van der Waals surface area contributed by atoms with E-state index in [4.69, 9.17) is 4.84 Å². The molecule has 1 aliphatic heterocycles. The number of carbonyl (C=O) groups excluding carboxylic acids is 3. The van der Waals surface area contributed by atoms with E-state index in [9.17, 15) is 14.4 Å². The molecule has 1 radical (unpaired) electrons. The van der Waals surface area contributed by atoms with Crippen molar-refractivity contribution in [2.45, 2.75) is 51.6 Å². The third kappa shape index (κ3) is 3.88. The summed E-state index contributed by atoms with van der Waals surface area (Å²) in [5.74, 6) is -1.61. The molecule has 1 aliphatic rings. The van der Waals surface area contributed by atoms with Crippen LogP contribution in [0.25, 0.3) is 0 Å². The molecule has 0 unspecified atom stereocenters. The lowest BCUT2D eigenvalue weighted by atomic mass is 10.2. The van der Waals surface area contributed by atoms with E-state index >= 15 is 0 Å². The third-order valence-electron chi connectivity index (χ3n) is 3.88. The van der Waals surface area contributed by atoms with Gasteiger partial charge in [-0.25, -0.2) is 4.79 Å². The van der Waals surface area contributed by atoms with Crippen molar-refractivity contribution in [2.24, 2.45) is 0 Å². The molecule has 1 saturated heterocycles. The van der Waals surface area contributed by atoms with Gasteiger partial charge in [-0.2, -0.15) is 0 Å². The molecule has 1 fully saturated rings. The van der Waals surface area contributed by atoms with E-state index in [0.717, 1.165) is 0 Å². The van der Waals surface area contributed by atoms with Crippen molar-refractivity contribution < 1.29 is 19.2 Å². The Balaban J connectivity index is 2.11. The maximum Gasteiger partial charge on any atom is 0.363 e. The van der Waals surface area contributed by atoms with E-state index in [1.54, 1.807) is 12.1 Å². The first kappa shape index (κ1) is 17.4. The highest BCUT2D eigenvalue weighted by Crippen LogP contribution is 2.20. The summed E-state index contributed by atoms with van der Waals surface area (Å²) in [6.07, 6.45) is 0.194.